The molecule has 0 spiro atoms. The summed E-state index contributed by atoms with van der Waals surface area (Å²) in [6.45, 7) is 8.98. The van der Waals surface area contributed by atoms with Crippen molar-refractivity contribution in [2.45, 2.75) is 58.5 Å². The molecule has 29 heavy (non-hydrogen) atoms. The second kappa shape index (κ2) is 8.78. The summed E-state index contributed by atoms with van der Waals surface area (Å²) < 4.78 is 7.98. The summed E-state index contributed by atoms with van der Waals surface area (Å²) in [4.78, 5) is 18.0. The number of ether oxygens (including phenoxy) is 1. The highest BCUT2D eigenvalue weighted by molar-refractivity contribution is 6.08. The van der Waals surface area contributed by atoms with Crippen LogP contribution in [0.4, 0.5) is 0 Å². The molecule has 0 radical (unpaired) electrons. The molecule has 1 saturated carbocycles. The highest BCUT2D eigenvalue weighted by Crippen LogP contribution is 2.33. The van der Waals surface area contributed by atoms with Crippen LogP contribution in [0.3, 0.4) is 0 Å². The van der Waals surface area contributed by atoms with E-state index in [0.29, 0.717) is 12.0 Å². The smallest absolute Gasteiger partial charge is 0.256 e. The number of methoxy groups -OCH3 is 1. The second-order valence-corrected chi connectivity index (χ2v) is 8.78. The van der Waals surface area contributed by atoms with Crippen LogP contribution >= 0.6 is 0 Å². The lowest BCUT2D eigenvalue weighted by atomic mass is 9.89. The minimum atomic E-state index is 0.160. The molecule has 1 saturated heterocycles. The van der Waals surface area contributed by atoms with Gasteiger partial charge in [0.05, 0.1) is 18.2 Å². The highest BCUT2D eigenvalue weighted by Gasteiger charge is 2.29. The maximum Gasteiger partial charge on any atom is 0.256 e. The third-order valence-electron chi connectivity index (χ3n) is 6.95. The first kappa shape index (κ1) is 20.3. The molecule has 2 heterocycles. The van der Waals surface area contributed by atoms with Crippen LogP contribution in [0.25, 0.3) is 10.9 Å². The number of likely N-dealkylation sites (N-methyl/N-ethyl adjacent to an activating group) is 1. The van der Waals surface area contributed by atoms with E-state index in [1.807, 2.05) is 17.0 Å². The zero-order valence-corrected chi connectivity index (χ0v) is 18.2. The number of hydrogen-bond acceptors (Lipinski definition) is 3. The van der Waals surface area contributed by atoms with Crippen molar-refractivity contribution in [3.05, 3.63) is 30.0 Å². The van der Waals surface area contributed by atoms with Crippen molar-refractivity contribution >= 4 is 16.8 Å². The predicted molar refractivity (Wildman–Crippen MR) is 118 cm³/mol. The summed E-state index contributed by atoms with van der Waals surface area (Å²) in [7, 11) is 1.72. The van der Waals surface area contributed by atoms with E-state index in [-0.39, 0.29) is 5.91 Å². The Hall–Kier alpha value is -2.01. The third-order valence-corrected chi connectivity index (χ3v) is 6.95. The summed E-state index contributed by atoms with van der Waals surface area (Å²) in [5, 5.41) is 1.02. The first-order chi connectivity index (χ1) is 14.1. The molecule has 1 aromatic carbocycles. The van der Waals surface area contributed by atoms with Crippen molar-refractivity contribution in [1.82, 2.24) is 14.4 Å². The van der Waals surface area contributed by atoms with Gasteiger partial charge < -0.3 is 14.2 Å². The van der Waals surface area contributed by atoms with Gasteiger partial charge in [-0.1, -0.05) is 38.3 Å². The number of aromatic nitrogens is 1. The van der Waals surface area contributed by atoms with E-state index in [4.69, 9.17) is 4.74 Å². The normalized spacial score (nSPS) is 21.6. The summed E-state index contributed by atoms with van der Waals surface area (Å²) >= 11 is 0. The fraction of sp³-hybridized carbons (Fsp3) is 0.625. The standard InChI is InChI=1S/C24H35N3O2/c1-4-25-13-14-26(15-18(25)2)24(28)21-17-27(16-19-9-6-5-7-10-19)23-20(21)11-8-12-22(23)29-3/h8,11-12,17-19H,4-7,9-10,13-16H2,1-3H3/t18-/m0/s1. The van der Waals surface area contributed by atoms with E-state index in [0.717, 1.165) is 54.9 Å². The van der Waals surface area contributed by atoms with Crippen molar-refractivity contribution < 1.29 is 9.53 Å². The van der Waals surface area contributed by atoms with Gasteiger partial charge in [0.1, 0.15) is 5.75 Å². The van der Waals surface area contributed by atoms with E-state index in [1.54, 1.807) is 7.11 Å². The van der Waals surface area contributed by atoms with Crippen LogP contribution in [0.1, 0.15) is 56.3 Å². The number of carbonyl (C=O) groups excluding carboxylic acids is 1. The summed E-state index contributed by atoms with van der Waals surface area (Å²) in [5.41, 5.74) is 1.90. The molecule has 158 valence electrons. The molecule has 1 aliphatic carbocycles. The zero-order chi connectivity index (χ0) is 20.4. The van der Waals surface area contributed by atoms with Gasteiger partial charge >= 0.3 is 0 Å². The molecule has 5 nitrogen and oxygen atoms in total. The quantitative estimate of drug-likeness (QED) is 0.751. The number of para-hydroxylation sites is 1. The second-order valence-electron chi connectivity index (χ2n) is 8.78. The van der Waals surface area contributed by atoms with Gasteiger partial charge in [-0.2, -0.15) is 0 Å². The van der Waals surface area contributed by atoms with Gasteiger partial charge in [0, 0.05) is 43.8 Å². The largest absolute Gasteiger partial charge is 0.495 e. The fourth-order valence-corrected chi connectivity index (χ4v) is 5.27. The molecular formula is C24H35N3O2. The van der Waals surface area contributed by atoms with E-state index in [2.05, 4.69) is 35.6 Å². The fourth-order valence-electron chi connectivity index (χ4n) is 5.27. The zero-order valence-electron chi connectivity index (χ0n) is 18.2. The molecule has 1 atom stereocenters. The molecule has 2 fully saturated rings. The van der Waals surface area contributed by atoms with Crippen molar-refractivity contribution in [3.8, 4) is 5.75 Å². The Morgan fingerprint density at radius 2 is 1.97 bits per heavy atom. The predicted octanol–water partition coefficient (Wildman–Crippen LogP) is 4.40. The maximum absolute atomic E-state index is 13.5. The Morgan fingerprint density at radius 1 is 1.17 bits per heavy atom. The molecule has 2 aromatic rings. The molecule has 2 aliphatic rings. The Morgan fingerprint density at radius 3 is 2.66 bits per heavy atom. The van der Waals surface area contributed by atoms with Crippen molar-refractivity contribution in [1.29, 1.82) is 0 Å². The molecule has 0 N–H and O–H groups in total. The number of hydrogen-bond donors (Lipinski definition) is 0. The van der Waals surface area contributed by atoms with Gasteiger partial charge in [0.25, 0.3) is 5.91 Å². The Labute approximate surface area is 174 Å². The average molecular weight is 398 g/mol. The number of amides is 1. The van der Waals surface area contributed by atoms with E-state index < -0.39 is 0 Å². The number of benzene rings is 1. The number of nitrogens with zero attached hydrogens (tertiary/aromatic N) is 3. The highest BCUT2D eigenvalue weighted by atomic mass is 16.5. The molecule has 0 unspecified atom stereocenters. The van der Waals surface area contributed by atoms with E-state index in [1.165, 1.54) is 32.1 Å². The Bertz CT molecular complexity index is 853. The number of rotatable bonds is 5. The van der Waals surface area contributed by atoms with Crippen LogP contribution in [0.15, 0.2) is 24.4 Å². The van der Waals surface area contributed by atoms with Crippen LogP contribution in [-0.2, 0) is 6.54 Å². The lowest BCUT2D eigenvalue weighted by molar-refractivity contribution is 0.0530. The number of carbonyl (C=O) groups is 1. The molecule has 1 aliphatic heterocycles. The van der Waals surface area contributed by atoms with Gasteiger partial charge in [-0.15, -0.1) is 0 Å². The Balaban J connectivity index is 1.66. The SMILES string of the molecule is CCN1CCN(C(=O)c2cn(CC3CCCCC3)c3c(OC)cccc23)C[C@@H]1C. The maximum atomic E-state index is 13.5. The van der Waals surface area contributed by atoms with E-state index >= 15 is 0 Å². The van der Waals surface area contributed by atoms with Gasteiger partial charge in [-0.25, -0.2) is 0 Å². The van der Waals surface area contributed by atoms with Gasteiger partial charge in [0.2, 0.25) is 0 Å². The molecule has 0 bridgehead atoms. The number of piperazine rings is 1. The van der Waals surface area contributed by atoms with Gasteiger partial charge in [-0.05, 0) is 38.3 Å². The van der Waals surface area contributed by atoms with Crippen LogP contribution in [0.5, 0.6) is 5.75 Å². The molecule has 4 rings (SSSR count). The third kappa shape index (κ3) is 4.02. The summed E-state index contributed by atoms with van der Waals surface area (Å²) in [5.74, 6) is 1.72. The molecular weight excluding hydrogens is 362 g/mol. The molecule has 1 aromatic heterocycles. The van der Waals surface area contributed by atoms with Crippen LogP contribution in [0.2, 0.25) is 0 Å². The van der Waals surface area contributed by atoms with Crippen LogP contribution in [0, 0.1) is 5.92 Å². The monoisotopic (exact) mass is 397 g/mol. The first-order valence-corrected chi connectivity index (χ1v) is 11.3. The van der Waals surface area contributed by atoms with Crippen molar-refractivity contribution in [3.63, 3.8) is 0 Å². The molecule has 5 heteroatoms. The number of fused-ring (bicyclic) bond motifs is 1. The lowest BCUT2D eigenvalue weighted by Gasteiger charge is -2.39. The van der Waals surface area contributed by atoms with Crippen LogP contribution in [-0.4, -0.2) is 59.6 Å². The lowest BCUT2D eigenvalue weighted by Crippen LogP contribution is -2.53. The topological polar surface area (TPSA) is 37.7 Å². The van der Waals surface area contributed by atoms with Crippen molar-refractivity contribution in [2.24, 2.45) is 5.92 Å². The minimum Gasteiger partial charge on any atom is -0.495 e. The first-order valence-electron chi connectivity index (χ1n) is 11.3. The van der Waals surface area contributed by atoms with Crippen molar-refractivity contribution in [2.75, 3.05) is 33.3 Å². The van der Waals surface area contributed by atoms with Gasteiger partial charge in [-0.3, -0.25) is 9.69 Å². The minimum absolute atomic E-state index is 0.160. The van der Waals surface area contributed by atoms with E-state index in [9.17, 15) is 4.79 Å². The van der Waals surface area contributed by atoms with Crippen LogP contribution < -0.4 is 4.74 Å². The Kier molecular flexibility index (Phi) is 6.14. The van der Waals surface area contributed by atoms with Gasteiger partial charge in [0.15, 0.2) is 0 Å². The summed E-state index contributed by atoms with van der Waals surface area (Å²) in [6.07, 6.45) is 8.68. The summed E-state index contributed by atoms with van der Waals surface area (Å²) in [6, 6.07) is 6.49. The average Bonchev–Trinajstić information content (AvgIpc) is 3.12. The molecule has 1 amide bonds.